The second-order valence-electron chi connectivity index (χ2n) is 5.00. The van der Waals surface area contributed by atoms with Crippen LogP contribution in [0.2, 0.25) is 0 Å². The van der Waals surface area contributed by atoms with Crippen LogP contribution in [0.15, 0.2) is 0 Å². The normalized spacial score (nSPS) is 29.2. The summed E-state index contributed by atoms with van der Waals surface area (Å²) in [5, 5.41) is 12.9. The highest BCUT2D eigenvalue weighted by Gasteiger charge is 2.26. The molecule has 0 aromatic carbocycles. The fourth-order valence-corrected chi connectivity index (χ4v) is 3.02. The van der Waals surface area contributed by atoms with Crippen LogP contribution in [-0.2, 0) is 6.54 Å². The van der Waals surface area contributed by atoms with Gasteiger partial charge in [-0.2, -0.15) is 0 Å². The molecule has 96 valence electrons. The zero-order valence-electron chi connectivity index (χ0n) is 10.8. The number of nitrogens with one attached hydrogen (secondary N) is 1. The van der Waals surface area contributed by atoms with E-state index in [2.05, 4.69) is 29.4 Å². The molecule has 5 heteroatoms. The largest absolute Gasteiger partial charge is 0.466 e. The third-order valence-electron chi connectivity index (χ3n) is 3.59. The third kappa shape index (κ3) is 3.39. The molecule has 1 fully saturated rings. The van der Waals surface area contributed by atoms with E-state index in [4.69, 9.17) is 4.74 Å². The Labute approximate surface area is 107 Å². The van der Waals surface area contributed by atoms with E-state index in [9.17, 15) is 0 Å². The van der Waals surface area contributed by atoms with Crippen LogP contribution in [-0.4, -0.2) is 23.3 Å². The number of aromatic nitrogens is 2. The fraction of sp³-hybridized carbons (Fsp3) is 0.833. The Kier molecular flexibility index (Phi) is 4.34. The average Bonchev–Trinajstić information content (AvgIpc) is 2.72. The molecule has 0 bridgehead atoms. The number of hydrogen-bond donors (Lipinski definition) is 1. The molecule has 0 aliphatic heterocycles. The Balaban J connectivity index is 1.87. The summed E-state index contributed by atoms with van der Waals surface area (Å²) < 4.78 is 5.92. The van der Waals surface area contributed by atoms with Crippen molar-refractivity contribution in [2.45, 2.75) is 45.8 Å². The van der Waals surface area contributed by atoms with Gasteiger partial charge in [0.1, 0.15) is 11.1 Å². The summed E-state index contributed by atoms with van der Waals surface area (Å²) in [6, 6.07) is 0. The van der Waals surface area contributed by atoms with Gasteiger partial charge < -0.3 is 10.1 Å². The van der Waals surface area contributed by atoms with Crippen molar-refractivity contribution in [1.29, 1.82) is 0 Å². The summed E-state index contributed by atoms with van der Waals surface area (Å²) in [6.07, 6.45) is 3.87. The molecule has 4 nitrogen and oxygen atoms in total. The van der Waals surface area contributed by atoms with Gasteiger partial charge in [0.15, 0.2) is 0 Å². The minimum Gasteiger partial charge on any atom is -0.466 e. The molecule has 1 saturated carbocycles. The lowest BCUT2D eigenvalue weighted by Crippen LogP contribution is -2.28. The third-order valence-corrected chi connectivity index (χ3v) is 4.41. The molecule has 1 aliphatic carbocycles. The average molecular weight is 255 g/mol. The molecule has 3 unspecified atom stereocenters. The van der Waals surface area contributed by atoms with E-state index in [0.717, 1.165) is 41.4 Å². The minimum absolute atomic E-state index is 0.330. The van der Waals surface area contributed by atoms with Crippen LogP contribution in [0.5, 0.6) is 5.19 Å². The van der Waals surface area contributed by atoms with Gasteiger partial charge in [-0.1, -0.05) is 30.3 Å². The van der Waals surface area contributed by atoms with E-state index in [1.807, 2.05) is 7.05 Å². The first-order chi connectivity index (χ1) is 8.19. The molecule has 1 heterocycles. The summed E-state index contributed by atoms with van der Waals surface area (Å²) in [4.78, 5) is 0. The summed E-state index contributed by atoms with van der Waals surface area (Å²) in [6.45, 7) is 5.41. The summed E-state index contributed by atoms with van der Waals surface area (Å²) in [5.41, 5.74) is 0. The van der Waals surface area contributed by atoms with E-state index < -0.39 is 0 Å². The van der Waals surface area contributed by atoms with Gasteiger partial charge in [-0.15, -0.1) is 5.10 Å². The first-order valence-electron chi connectivity index (χ1n) is 6.32. The van der Waals surface area contributed by atoms with Gasteiger partial charge in [-0.25, -0.2) is 0 Å². The molecule has 0 saturated heterocycles. The van der Waals surface area contributed by atoms with Gasteiger partial charge in [0.2, 0.25) is 0 Å². The van der Waals surface area contributed by atoms with Crippen molar-refractivity contribution in [1.82, 2.24) is 15.5 Å². The van der Waals surface area contributed by atoms with Crippen LogP contribution in [0.25, 0.3) is 0 Å². The SMILES string of the molecule is CNCc1nnc(OC2CCC(C)C(C)C2)s1. The molecule has 1 aliphatic rings. The Bertz CT molecular complexity index is 355. The highest BCUT2D eigenvalue weighted by Crippen LogP contribution is 2.32. The lowest BCUT2D eigenvalue weighted by Gasteiger charge is -2.31. The molecule has 17 heavy (non-hydrogen) atoms. The van der Waals surface area contributed by atoms with E-state index in [-0.39, 0.29) is 0 Å². The second kappa shape index (κ2) is 5.78. The zero-order valence-corrected chi connectivity index (χ0v) is 11.6. The Morgan fingerprint density at radius 3 is 2.82 bits per heavy atom. The predicted octanol–water partition coefficient (Wildman–Crippen LogP) is 2.46. The summed E-state index contributed by atoms with van der Waals surface area (Å²) >= 11 is 1.55. The van der Waals surface area contributed by atoms with Crippen molar-refractivity contribution in [3.05, 3.63) is 5.01 Å². The molecule has 1 N–H and O–H groups in total. The lowest BCUT2D eigenvalue weighted by atomic mass is 9.80. The van der Waals surface area contributed by atoms with E-state index in [1.54, 1.807) is 11.3 Å². The van der Waals surface area contributed by atoms with Crippen LogP contribution in [0, 0.1) is 11.8 Å². The van der Waals surface area contributed by atoms with E-state index >= 15 is 0 Å². The topological polar surface area (TPSA) is 47.0 Å². The zero-order chi connectivity index (χ0) is 12.3. The molecule has 0 amide bonds. The molecular formula is C12H21N3OS. The van der Waals surface area contributed by atoms with Gasteiger partial charge in [0.05, 0.1) is 0 Å². The maximum atomic E-state index is 5.92. The van der Waals surface area contributed by atoms with Crippen LogP contribution in [0.1, 0.15) is 38.1 Å². The predicted molar refractivity (Wildman–Crippen MR) is 69.3 cm³/mol. The highest BCUT2D eigenvalue weighted by atomic mass is 32.1. The molecule has 3 atom stereocenters. The van der Waals surface area contributed by atoms with Crippen molar-refractivity contribution in [3.63, 3.8) is 0 Å². The van der Waals surface area contributed by atoms with Crippen molar-refractivity contribution in [2.24, 2.45) is 11.8 Å². The van der Waals surface area contributed by atoms with E-state index in [1.165, 1.54) is 6.42 Å². The van der Waals surface area contributed by atoms with Crippen LogP contribution >= 0.6 is 11.3 Å². The molecule has 0 radical (unpaired) electrons. The van der Waals surface area contributed by atoms with Crippen molar-refractivity contribution in [2.75, 3.05) is 7.05 Å². The maximum absolute atomic E-state index is 5.92. The first-order valence-corrected chi connectivity index (χ1v) is 7.14. The summed E-state index contributed by atoms with van der Waals surface area (Å²) in [7, 11) is 1.91. The highest BCUT2D eigenvalue weighted by molar-refractivity contribution is 7.13. The fourth-order valence-electron chi connectivity index (χ4n) is 2.26. The van der Waals surface area contributed by atoms with Crippen LogP contribution < -0.4 is 10.1 Å². The van der Waals surface area contributed by atoms with Crippen LogP contribution in [0.3, 0.4) is 0 Å². The van der Waals surface area contributed by atoms with Crippen molar-refractivity contribution < 1.29 is 4.74 Å². The standard InChI is InChI=1S/C12H21N3OS/c1-8-4-5-10(6-9(8)2)16-12-15-14-11(17-12)7-13-3/h8-10,13H,4-7H2,1-3H3. The van der Waals surface area contributed by atoms with Gasteiger partial charge in [0.25, 0.3) is 5.19 Å². The van der Waals surface area contributed by atoms with Gasteiger partial charge >= 0.3 is 0 Å². The van der Waals surface area contributed by atoms with E-state index in [0.29, 0.717) is 6.10 Å². The van der Waals surface area contributed by atoms with Crippen LogP contribution in [0.4, 0.5) is 0 Å². The summed E-state index contributed by atoms with van der Waals surface area (Å²) in [5.74, 6) is 1.57. The maximum Gasteiger partial charge on any atom is 0.294 e. The Hall–Kier alpha value is -0.680. The number of hydrogen-bond acceptors (Lipinski definition) is 5. The number of ether oxygens (including phenoxy) is 1. The van der Waals surface area contributed by atoms with Crippen molar-refractivity contribution in [3.8, 4) is 5.19 Å². The van der Waals surface area contributed by atoms with Gasteiger partial charge in [-0.3, -0.25) is 0 Å². The quantitative estimate of drug-likeness (QED) is 0.898. The molecule has 0 spiro atoms. The Morgan fingerprint density at radius 1 is 1.29 bits per heavy atom. The minimum atomic E-state index is 0.330. The van der Waals surface area contributed by atoms with Gasteiger partial charge in [0, 0.05) is 6.54 Å². The molecule has 1 aromatic rings. The number of rotatable bonds is 4. The molecule has 2 rings (SSSR count). The lowest BCUT2D eigenvalue weighted by molar-refractivity contribution is 0.0996. The first kappa shape index (κ1) is 12.8. The smallest absolute Gasteiger partial charge is 0.294 e. The molecule has 1 aromatic heterocycles. The van der Waals surface area contributed by atoms with Crippen molar-refractivity contribution >= 4 is 11.3 Å². The number of nitrogens with zero attached hydrogens (tertiary/aromatic N) is 2. The molecular weight excluding hydrogens is 234 g/mol. The van der Waals surface area contributed by atoms with Gasteiger partial charge in [-0.05, 0) is 38.1 Å². The Morgan fingerprint density at radius 2 is 2.12 bits per heavy atom. The second-order valence-corrected chi connectivity index (χ2v) is 6.02. The monoisotopic (exact) mass is 255 g/mol.